The number of ether oxygens (including phenoxy) is 4. The maximum atomic E-state index is 15.0. The second-order valence-corrected chi connectivity index (χ2v) is 25.3. The van der Waals surface area contributed by atoms with Crippen LogP contribution in [0.5, 0.6) is 0 Å². The summed E-state index contributed by atoms with van der Waals surface area (Å²) in [6.45, 7) is 29.7. The first-order chi connectivity index (χ1) is 39.4. The zero-order chi connectivity index (χ0) is 60.8. The van der Waals surface area contributed by atoms with E-state index in [0.29, 0.717) is 66.9 Å². The SMILES string of the molecule is Cc1cc2nc3cc(C)c(N(Cc4ccccc4CN(C(=O)OC(C)(C)C)c4cc5c(cc4C)nc4cc(C)c(NC(=O)OC(C)(C)C)cc4[n+]5-c4ccccc4)C(=O)OC(C)(C)C)cc3[n+](-c3ccccc3)c2cc1NC(=O)OC(C)(C)C. The smallest absolute Gasteiger partial charge is 0.415 e. The second-order valence-electron chi connectivity index (χ2n) is 25.3. The van der Waals surface area contributed by atoms with Gasteiger partial charge in [-0.1, -0.05) is 60.7 Å². The number of fused-ring (bicyclic) bond motifs is 4. The third-order valence-corrected chi connectivity index (χ3v) is 13.6. The molecule has 0 aliphatic heterocycles. The standard InChI is InChI=1S/C68H74N8O8/c1-41-31-51-57(35-49(41)71-61(77)81-65(5,6)7)75(47-27-19-17-20-28-47)59-37-55(43(3)33-53(59)69-51)73(63(79)83-67(11,12)13)39-45-25-23-24-26-46(45)40-74(64(80)84-68(14,15)16)56-38-60-54(34-44(56)4)70-52-32-42(2)50(72-62(78)82-66(8,9)10)36-58(52)76(60)48-29-21-18-22-30-48/h17-38H,39-40H2,1-16H3/p+2. The van der Waals surface area contributed by atoms with Crippen LogP contribution in [0.2, 0.25) is 0 Å². The molecule has 0 bridgehead atoms. The average Bonchev–Trinajstić information content (AvgIpc) is 1.03. The highest BCUT2D eigenvalue weighted by atomic mass is 16.6. The minimum atomic E-state index is -0.871. The summed E-state index contributed by atoms with van der Waals surface area (Å²) in [4.78, 5) is 70.0. The number of aryl methyl sites for hydroxylation is 4. The molecule has 2 aromatic heterocycles. The van der Waals surface area contributed by atoms with Gasteiger partial charge in [0.2, 0.25) is 33.4 Å². The Kier molecular flexibility index (Phi) is 16.2. The summed E-state index contributed by atoms with van der Waals surface area (Å²) in [5.74, 6) is 0. The maximum absolute atomic E-state index is 15.0. The topological polar surface area (TPSA) is 169 Å². The van der Waals surface area contributed by atoms with E-state index >= 15 is 0 Å². The second kappa shape index (κ2) is 22.9. The highest BCUT2D eigenvalue weighted by Crippen LogP contribution is 2.35. The Labute approximate surface area is 491 Å². The fourth-order valence-electron chi connectivity index (χ4n) is 10.0. The number of amides is 4. The first kappa shape index (κ1) is 59.4. The lowest BCUT2D eigenvalue weighted by molar-refractivity contribution is -0.538. The molecule has 434 valence electrons. The lowest BCUT2D eigenvalue weighted by Gasteiger charge is -2.31. The van der Waals surface area contributed by atoms with Gasteiger partial charge in [-0.25, -0.2) is 29.1 Å². The van der Waals surface area contributed by atoms with Crippen molar-refractivity contribution in [2.45, 2.75) is 146 Å². The van der Waals surface area contributed by atoms with Crippen LogP contribution in [0.4, 0.5) is 41.9 Å². The molecule has 0 atom stereocenters. The Morgan fingerprint density at radius 3 is 1.02 bits per heavy atom. The molecule has 0 spiro atoms. The van der Waals surface area contributed by atoms with Crippen LogP contribution >= 0.6 is 0 Å². The van der Waals surface area contributed by atoms with Crippen LogP contribution in [0.1, 0.15) is 116 Å². The first-order valence-electron chi connectivity index (χ1n) is 28.2. The number of para-hydroxylation sites is 2. The minimum absolute atomic E-state index is 0.0365. The molecule has 2 heterocycles. The molecule has 9 rings (SSSR count). The number of anilines is 4. The van der Waals surface area contributed by atoms with Gasteiger partial charge in [0.15, 0.2) is 0 Å². The number of nitrogens with one attached hydrogen (secondary N) is 2. The van der Waals surface area contributed by atoms with Gasteiger partial charge in [-0.15, -0.1) is 9.13 Å². The normalized spacial score (nSPS) is 12.1. The number of benzene rings is 7. The summed E-state index contributed by atoms with van der Waals surface area (Å²) >= 11 is 0. The van der Waals surface area contributed by atoms with Gasteiger partial charge in [0.25, 0.3) is 0 Å². The number of nitrogens with zero attached hydrogens (tertiary/aromatic N) is 6. The summed E-state index contributed by atoms with van der Waals surface area (Å²) in [5.41, 5.74) is 10.8. The molecule has 0 unspecified atom stereocenters. The fourth-order valence-corrected chi connectivity index (χ4v) is 10.0. The zero-order valence-corrected chi connectivity index (χ0v) is 51.1. The van der Waals surface area contributed by atoms with Gasteiger partial charge >= 0.3 is 24.4 Å². The number of carbonyl (C=O) groups excluding carboxylic acids is 4. The molecule has 0 aliphatic rings. The van der Waals surface area contributed by atoms with Gasteiger partial charge in [0, 0.05) is 48.5 Å². The summed E-state index contributed by atoms with van der Waals surface area (Å²) in [6, 6.07) is 43.0. The van der Waals surface area contributed by atoms with E-state index in [-0.39, 0.29) is 13.1 Å². The van der Waals surface area contributed by atoms with Crippen LogP contribution in [0.15, 0.2) is 133 Å². The fraction of sp³-hybridized carbons (Fsp3) is 0.324. The molecule has 16 nitrogen and oxygen atoms in total. The van der Waals surface area contributed by atoms with Gasteiger partial charge < -0.3 is 18.9 Å². The van der Waals surface area contributed by atoms with E-state index < -0.39 is 46.8 Å². The van der Waals surface area contributed by atoms with Crippen LogP contribution < -0.4 is 29.6 Å². The van der Waals surface area contributed by atoms with Crippen LogP contribution in [-0.4, -0.2) is 56.7 Å². The molecule has 0 fully saturated rings. The minimum Gasteiger partial charge on any atom is -0.444 e. The molecule has 0 saturated carbocycles. The molecule has 0 aliphatic carbocycles. The number of aromatic nitrogens is 4. The predicted molar refractivity (Wildman–Crippen MR) is 331 cm³/mol. The van der Waals surface area contributed by atoms with Gasteiger partial charge in [-0.2, -0.15) is 0 Å². The summed E-state index contributed by atoms with van der Waals surface area (Å²) in [7, 11) is 0. The Morgan fingerprint density at radius 2 is 0.702 bits per heavy atom. The number of rotatable bonds is 10. The van der Waals surface area contributed by atoms with Crippen LogP contribution in [0.25, 0.3) is 55.5 Å². The van der Waals surface area contributed by atoms with Crippen molar-refractivity contribution in [2.24, 2.45) is 0 Å². The molecule has 7 aromatic carbocycles. The summed E-state index contributed by atoms with van der Waals surface area (Å²) in [6.07, 6.45) is -2.33. The molecule has 84 heavy (non-hydrogen) atoms. The lowest BCUT2D eigenvalue weighted by Crippen LogP contribution is -2.39. The van der Waals surface area contributed by atoms with Gasteiger partial charge in [0.05, 0.1) is 35.8 Å². The maximum Gasteiger partial charge on any atom is 0.415 e. The summed E-state index contributed by atoms with van der Waals surface area (Å²) in [5, 5.41) is 5.90. The van der Waals surface area contributed by atoms with Crippen molar-refractivity contribution >= 4 is 91.3 Å². The van der Waals surface area contributed by atoms with Gasteiger partial charge in [-0.3, -0.25) is 20.4 Å². The van der Waals surface area contributed by atoms with Crippen molar-refractivity contribution in [1.29, 1.82) is 0 Å². The molecule has 4 amide bonds. The third-order valence-electron chi connectivity index (χ3n) is 13.6. The van der Waals surface area contributed by atoms with Gasteiger partial charge in [-0.05, 0) is 168 Å². The van der Waals surface area contributed by atoms with Crippen molar-refractivity contribution < 1.29 is 47.3 Å². The lowest BCUT2D eigenvalue weighted by atomic mass is 10.0. The van der Waals surface area contributed by atoms with Crippen molar-refractivity contribution in [2.75, 3.05) is 20.4 Å². The van der Waals surface area contributed by atoms with E-state index in [1.54, 1.807) is 9.80 Å². The van der Waals surface area contributed by atoms with Crippen molar-refractivity contribution in [1.82, 2.24) is 9.97 Å². The Hall–Kier alpha value is -9.18. The zero-order valence-electron chi connectivity index (χ0n) is 51.1. The van der Waals surface area contributed by atoms with E-state index in [0.717, 1.165) is 44.8 Å². The Balaban J connectivity index is 1.19. The molecule has 2 N–H and O–H groups in total. The van der Waals surface area contributed by atoms with E-state index in [9.17, 15) is 19.2 Å². The van der Waals surface area contributed by atoms with Gasteiger partial charge in [0.1, 0.15) is 44.5 Å². The van der Waals surface area contributed by atoms with E-state index in [2.05, 4.69) is 19.8 Å². The number of carbonyl (C=O) groups is 4. The third kappa shape index (κ3) is 13.7. The summed E-state index contributed by atoms with van der Waals surface area (Å²) < 4.78 is 27.9. The monoisotopic (exact) mass is 1130 g/mol. The van der Waals surface area contributed by atoms with Crippen molar-refractivity contribution in [3.63, 3.8) is 0 Å². The molecule has 0 saturated heterocycles. The molecular formula is C68H76N8O8+2. The van der Waals surface area contributed by atoms with E-state index in [1.807, 2.05) is 244 Å². The Morgan fingerprint density at radius 1 is 0.405 bits per heavy atom. The van der Waals surface area contributed by atoms with E-state index in [4.69, 9.17) is 28.9 Å². The predicted octanol–water partition coefficient (Wildman–Crippen LogP) is 15.5. The molecular weight excluding hydrogens is 1060 g/mol. The molecule has 0 radical (unpaired) electrons. The molecule has 16 heteroatoms. The highest BCUT2D eigenvalue weighted by molar-refractivity contribution is 5.97. The largest absolute Gasteiger partial charge is 0.444 e. The average molecular weight is 1130 g/mol. The van der Waals surface area contributed by atoms with E-state index in [1.165, 1.54) is 0 Å². The number of hydrogen-bond donors (Lipinski definition) is 2. The Bertz CT molecular complexity index is 3780. The molecule has 9 aromatic rings. The quantitative estimate of drug-likeness (QED) is 0.0763. The van der Waals surface area contributed by atoms with Crippen LogP contribution in [-0.2, 0) is 32.0 Å². The van der Waals surface area contributed by atoms with Crippen LogP contribution in [0.3, 0.4) is 0 Å². The van der Waals surface area contributed by atoms with Crippen molar-refractivity contribution in [3.05, 3.63) is 167 Å². The number of hydrogen-bond acceptors (Lipinski definition) is 10. The highest BCUT2D eigenvalue weighted by Gasteiger charge is 2.33. The van der Waals surface area contributed by atoms with Crippen LogP contribution in [0, 0.1) is 27.7 Å². The van der Waals surface area contributed by atoms with Crippen molar-refractivity contribution in [3.8, 4) is 11.4 Å². The first-order valence-corrected chi connectivity index (χ1v) is 28.2.